The third-order valence-corrected chi connectivity index (χ3v) is 9.63. The molecule has 1 aliphatic heterocycles. The molecular weight excluding hydrogens is 789 g/mol. The van der Waals surface area contributed by atoms with E-state index in [0.29, 0.717) is 44.1 Å². The van der Waals surface area contributed by atoms with Crippen LogP contribution in [0.4, 0.5) is 0 Å². The molecule has 0 radical (unpaired) electrons. The third-order valence-electron chi connectivity index (χ3n) is 8.90. The van der Waals surface area contributed by atoms with Crippen molar-refractivity contribution in [3.8, 4) is 5.75 Å². The van der Waals surface area contributed by atoms with Crippen LogP contribution in [0.25, 0.3) is 11.0 Å². The van der Waals surface area contributed by atoms with Crippen molar-refractivity contribution in [3.05, 3.63) is 69.2 Å². The number of aryl methyl sites for hydroxylation is 2. The van der Waals surface area contributed by atoms with Gasteiger partial charge in [-0.3, -0.25) is 0 Å². The second-order valence-corrected chi connectivity index (χ2v) is 15.1. The Hall–Kier alpha value is -3.91. The molecule has 0 spiro atoms. The van der Waals surface area contributed by atoms with E-state index in [4.69, 9.17) is 61.3 Å². The minimum absolute atomic E-state index is 0.00314. The van der Waals surface area contributed by atoms with Crippen LogP contribution in [0.2, 0.25) is 10.0 Å². The van der Waals surface area contributed by atoms with Crippen molar-refractivity contribution in [3.63, 3.8) is 0 Å². The number of fused-ring (bicyclic) bond motifs is 1. The van der Waals surface area contributed by atoms with Gasteiger partial charge in [0.1, 0.15) is 43.0 Å². The van der Waals surface area contributed by atoms with Crippen molar-refractivity contribution in [2.75, 3.05) is 40.1 Å². The highest BCUT2D eigenvalue weighted by Crippen LogP contribution is 2.39. The molecule has 1 saturated heterocycles. The Morgan fingerprint density at radius 1 is 1.04 bits per heavy atom. The molecule has 0 aliphatic carbocycles. The zero-order chi connectivity index (χ0) is 41.3. The molecule has 17 nitrogen and oxygen atoms in total. The van der Waals surface area contributed by atoms with Crippen LogP contribution in [0.5, 0.6) is 5.75 Å². The second-order valence-electron chi connectivity index (χ2n) is 14.3. The highest BCUT2D eigenvalue weighted by atomic mass is 35.5. The van der Waals surface area contributed by atoms with E-state index in [1.54, 1.807) is 32.4 Å². The van der Waals surface area contributed by atoms with Gasteiger partial charge in [0.05, 0.1) is 65.3 Å². The molecule has 312 valence electrons. The van der Waals surface area contributed by atoms with Gasteiger partial charge < -0.3 is 53.0 Å². The topological polar surface area (TPSA) is 208 Å². The van der Waals surface area contributed by atoms with Gasteiger partial charge >= 0.3 is 11.9 Å². The van der Waals surface area contributed by atoms with E-state index in [2.05, 4.69) is 14.9 Å². The summed E-state index contributed by atoms with van der Waals surface area (Å²) < 4.78 is 42.2. The maximum Gasteiger partial charge on any atom is 0.339 e. The lowest BCUT2D eigenvalue weighted by atomic mass is 9.99. The standard InChI is InChI=1S/C38H49Cl2N5O12/c1-22-24(36(50)56-35-33(49)32(48)28(19-46)55-37(35)51-5)17-25(39)34(31(22)40)54-20-29-41-26-10-6-7-11-27(26)45(29)12-8-9-23-18-44(43-42-23)13-14-52-15-16-53-21-30(47)57-38(2,3)4/h6-7,10-11,17-18,28,32-33,35,37,46,48-49H,8-9,12-16,19-21H2,1-5H3/t28-,32-,33+,35-,37+/m1/s1. The molecule has 57 heavy (non-hydrogen) atoms. The molecule has 1 aliphatic rings. The molecule has 0 saturated carbocycles. The maximum atomic E-state index is 13.3. The molecule has 5 rings (SSSR count). The summed E-state index contributed by atoms with van der Waals surface area (Å²) in [6.07, 6.45) is -3.69. The van der Waals surface area contributed by atoms with Gasteiger partial charge in [0.2, 0.25) is 0 Å². The Morgan fingerprint density at radius 2 is 1.79 bits per heavy atom. The second kappa shape index (κ2) is 20.2. The van der Waals surface area contributed by atoms with Crippen molar-refractivity contribution < 1.29 is 58.1 Å². The van der Waals surface area contributed by atoms with Gasteiger partial charge in [0.25, 0.3) is 0 Å². The minimum atomic E-state index is -1.60. The summed E-state index contributed by atoms with van der Waals surface area (Å²) >= 11 is 13.3. The third kappa shape index (κ3) is 11.6. The van der Waals surface area contributed by atoms with E-state index in [1.165, 1.54) is 13.2 Å². The van der Waals surface area contributed by atoms with Gasteiger partial charge in [-0.2, -0.15) is 0 Å². The number of carbonyl (C=O) groups excluding carboxylic acids is 2. The lowest BCUT2D eigenvalue weighted by molar-refractivity contribution is -0.293. The molecule has 0 amide bonds. The first-order valence-electron chi connectivity index (χ1n) is 18.4. The Labute approximate surface area is 339 Å². The van der Waals surface area contributed by atoms with Crippen LogP contribution < -0.4 is 4.74 Å². The summed E-state index contributed by atoms with van der Waals surface area (Å²) in [6, 6.07) is 9.06. The number of aliphatic hydroxyl groups is 3. The van der Waals surface area contributed by atoms with Gasteiger partial charge in [-0.05, 0) is 64.3 Å². The van der Waals surface area contributed by atoms with E-state index in [0.717, 1.165) is 23.1 Å². The van der Waals surface area contributed by atoms with Gasteiger partial charge in [-0.25, -0.2) is 19.3 Å². The number of halogens is 2. The number of aliphatic hydroxyl groups excluding tert-OH is 3. The number of nitrogens with zero attached hydrogens (tertiary/aromatic N) is 5. The monoisotopic (exact) mass is 837 g/mol. The van der Waals surface area contributed by atoms with Crippen LogP contribution >= 0.6 is 23.2 Å². The van der Waals surface area contributed by atoms with Gasteiger partial charge in [0, 0.05) is 19.9 Å². The van der Waals surface area contributed by atoms with E-state index >= 15 is 0 Å². The van der Waals surface area contributed by atoms with Crippen LogP contribution in [0, 0.1) is 6.92 Å². The molecule has 0 unspecified atom stereocenters. The van der Waals surface area contributed by atoms with E-state index < -0.39 is 54.9 Å². The SMILES string of the molecule is CO[C@H]1O[C@H](CO)[C@@H](O)[C@H](O)[C@H]1OC(=O)c1cc(Cl)c(OCc2nc3ccccc3n2CCCc2cn(CCOCCOCC(=O)OC(C)(C)C)nn2)c(Cl)c1C. The number of esters is 2. The molecule has 0 bridgehead atoms. The average molecular weight is 839 g/mol. The van der Waals surface area contributed by atoms with Crippen LogP contribution in [0.3, 0.4) is 0 Å². The highest BCUT2D eigenvalue weighted by molar-refractivity contribution is 6.38. The number of methoxy groups -OCH3 is 1. The minimum Gasteiger partial charge on any atom is -0.483 e. The van der Waals surface area contributed by atoms with Crippen molar-refractivity contribution >= 4 is 46.2 Å². The summed E-state index contributed by atoms with van der Waals surface area (Å²) in [7, 11) is 1.27. The van der Waals surface area contributed by atoms with Crippen molar-refractivity contribution in [1.82, 2.24) is 24.5 Å². The molecule has 4 aromatic rings. The number of hydrogen-bond acceptors (Lipinski definition) is 15. The van der Waals surface area contributed by atoms with Crippen LogP contribution in [0.15, 0.2) is 36.5 Å². The first-order valence-corrected chi connectivity index (χ1v) is 19.1. The Balaban J connectivity index is 1.15. The smallest absolute Gasteiger partial charge is 0.339 e. The quantitative estimate of drug-likeness (QED) is 0.0914. The predicted octanol–water partition coefficient (Wildman–Crippen LogP) is 3.44. The van der Waals surface area contributed by atoms with Crippen molar-refractivity contribution in [2.24, 2.45) is 0 Å². The predicted molar refractivity (Wildman–Crippen MR) is 205 cm³/mol. The zero-order valence-electron chi connectivity index (χ0n) is 32.4. The molecule has 2 aromatic carbocycles. The zero-order valence-corrected chi connectivity index (χ0v) is 33.9. The van der Waals surface area contributed by atoms with Gasteiger partial charge in [0.15, 0.2) is 18.1 Å². The molecule has 2 aromatic heterocycles. The van der Waals surface area contributed by atoms with E-state index in [1.807, 2.05) is 30.5 Å². The first kappa shape index (κ1) is 44.2. The van der Waals surface area contributed by atoms with Gasteiger partial charge in [-0.1, -0.05) is 40.5 Å². The van der Waals surface area contributed by atoms with Crippen molar-refractivity contribution in [2.45, 2.75) is 96.5 Å². The molecule has 1 fully saturated rings. The van der Waals surface area contributed by atoms with Crippen LogP contribution in [-0.4, -0.2) is 128 Å². The Bertz CT molecular complexity index is 1970. The largest absolute Gasteiger partial charge is 0.483 e. The normalized spacial score (nSPS) is 19.9. The first-order chi connectivity index (χ1) is 27.2. The van der Waals surface area contributed by atoms with Crippen molar-refractivity contribution in [1.29, 1.82) is 0 Å². The fraction of sp³-hybridized carbons (Fsp3) is 0.553. The lowest BCUT2D eigenvalue weighted by Gasteiger charge is -2.40. The number of hydrogen-bond donors (Lipinski definition) is 3. The van der Waals surface area contributed by atoms with E-state index in [-0.39, 0.29) is 41.2 Å². The molecule has 19 heteroatoms. The molecule has 3 heterocycles. The van der Waals surface area contributed by atoms with Crippen LogP contribution in [0.1, 0.15) is 54.6 Å². The summed E-state index contributed by atoms with van der Waals surface area (Å²) in [5.74, 6) is -0.563. The molecule has 3 N–H and O–H groups in total. The fourth-order valence-electron chi connectivity index (χ4n) is 6.10. The maximum absolute atomic E-state index is 13.3. The molecular formula is C38H49Cl2N5O12. The number of rotatable bonds is 19. The number of carbonyl (C=O) groups is 2. The highest BCUT2D eigenvalue weighted by Gasteiger charge is 2.47. The Morgan fingerprint density at radius 3 is 2.53 bits per heavy atom. The average Bonchev–Trinajstić information content (AvgIpc) is 3.77. The number of benzene rings is 2. The summed E-state index contributed by atoms with van der Waals surface area (Å²) in [5.41, 5.74) is 2.25. The summed E-state index contributed by atoms with van der Waals surface area (Å²) in [4.78, 5) is 29.8. The number of aromatic nitrogens is 5. The Kier molecular flexibility index (Phi) is 15.6. The summed E-state index contributed by atoms with van der Waals surface area (Å²) in [5, 5.41) is 39.0. The number of para-hydroxylation sites is 2. The number of ether oxygens (including phenoxy) is 7. The van der Waals surface area contributed by atoms with Crippen LogP contribution in [-0.2, 0) is 59.3 Å². The number of imidazole rings is 1. The van der Waals surface area contributed by atoms with E-state index in [9.17, 15) is 24.9 Å². The van der Waals surface area contributed by atoms with Gasteiger partial charge in [-0.15, -0.1) is 5.10 Å². The molecule has 5 atom stereocenters. The lowest BCUT2D eigenvalue weighted by Crippen LogP contribution is -2.60. The fourth-order valence-corrected chi connectivity index (χ4v) is 6.67. The summed E-state index contributed by atoms with van der Waals surface area (Å²) in [6.45, 7) is 8.37.